The molecule has 0 atom stereocenters. The van der Waals surface area contributed by atoms with E-state index in [-0.39, 0.29) is 5.69 Å². The molecule has 2 aromatic carbocycles. The van der Waals surface area contributed by atoms with Gasteiger partial charge in [0.2, 0.25) is 0 Å². The Balaban J connectivity index is 1.37. The van der Waals surface area contributed by atoms with Crippen LogP contribution in [0, 0.1) is 6.92 Å². The zero-order valence-electron chi connectivity index (χ0n) is 16.6. The smallest absolute Gasteiger partial charge is 0.287 e. The van der Waals surface area contributed by atoms with E-state index in [1.165, 1.54) is 11.8 Å². The van der Waals surface area contributed by atoms with Crippen LogP contribution in [0.1, 0.15) is 32.3 Å². The molecule has 156 valence electrons. The van der Waals surface area contributed by atoms with Gasteiger partial charge in [-0.3, -0.25) is 25.5 Å². The maximum absolute atomic E-state index is 12.6. The molecule has 0 unspecified atom stereocenters. The zero-order valence-corrected chi connectivity index (χ0v) is 17.4. The molecule has 2 aromatic heterocycles. The summed E-state index contributed by atoms with van der Waals surface area (Å²) in [6.07, 6.45) is 0. The molecular formula is C22H19N5O3S. The summed E-state index contributed by atoms with van der Waals surface area (Å²) < 4.78 is 5.21. The third-order valence-corrected chi connectivity index (χ3v) is 5.46. The molecule has 0 aliphatic rings. The third kappa shape index (κ3) is 5.01. The van der Waals surface area contributed by atoms with Crippen LogP contribution in [-0.2, 0) is 5.75 Å². The molecule has 0 aliphatic heterocycles. The molecular weight excluding hydrogens is 414 g/mol. The molecule has 9 heteroatoms. The summed E-state index contributed by atoms with van der Waals surface area (Å²) in [5.74, 6) is 0.339. The lowest BCUT2D eigenvalue weighted by atomic mass is 10.1. The van der Waals surface area contributed by atoms with Crippen LogP contribution < -0.4 is 10.9 Å². The second kappa shape index (κ2) is 9.31. The van der Waals surface area contributed by atoms with E-state index in [2.05, 4.69) is 26.2 Å². The SMILES string of the molecule is Cc1cc(CSc2ccccc2C(=O)NNC(=O)c2cc(-c3ccccc3)n[nH]2)on1. The number of benzene rings is 2. The minimum atomic E-state index is -0.495. The molecule has 0 saturated carbocycles. The number of H-pyrrole nitrogens is 1. The van der Waals surface area contributed by atoms with Gasteiger partial charge in [-0.25, -0.2) is 0 Å². The van der Waals surface area contributed by atoms with E-state index in [1.807, 2.05) is 55.5 Å². The van der Waals surface area contributed by atoms with E-state index in [4.69, 9.17) is 4.52 Å². The Hall–Kier alpha value is -3.85. The van der Waals surface area contributed by atoms with Gasteiger partial charge in [0.05, 0.1) is 22.7 Å². The largest absolute Gasteiger partial charge is 0.360 e. The van der Waals surface area contributed by atoms with Gasteiger partial charge >= 0.3 is 0 Å². The summed E-state index contributed by atoms with van der Waals surface area (Å²) in [4.78, 5) is 25.8. The summed E-state index contributed by atoms with van der Waals surface area (Å²) in [7, 11) is 0. The van der Waals surface area contributed by atoms with E-state index in [1.54, 1.807) is 18.2 Å². The summed E-state index contributed by atoms with van der Waals surface area (Å²) in [5, 5.41) is 10.7. The molecule has 0 bridgehead atoms. The number of nitrogens with zero attached hydrogens (tertiary/aromatic N) is 2. The van der Waals surface area contributed by atoms with Crippen molar-refractivity contribution in [1.29, 1.82) is 0 Å². The van der Waals surface area contributed by atoms with Crippen LogP contribution in [-0.4, -0.2) is 27.2 Å². The van der Waals surface area contributed by atoms with Gasteiger partial charge in [-0.1, -0.05) is 47.6 Å². The van der Waals surface area contributed by atoms with Crippen molar-refractivity contribution in [3.8, 4) is 11.3 Å². The van der Waals surface area contributed by atoms with Crippen LogP contribution in [0.5, 0.6) is 0 Å². The van der Waals surface area contributed by atoms with Crippen molar-refractivity contribution in [3.05, 3.63) is 89.4 Å². The fourth-order valence-corrected chi connectivity index (χ4v) is 3.78. The van der Waals surface area contributed by atoms with Crippen LogP contribution in [0.15, 0.2) is 76.1 Å². The fraction of sp³-hybridized carbons (Fsp3) is 0.0909. The lowest BCUT2D eigenvalue weighted by Gasteiger charge is -2.10. The lowest BCUT2D eigenvalue weighted by molar-refractivity contribution is 0.0842. The third-order valence-electron chi connectivity index (χ3n) is 4.36. The molecule has 4 aromatic rings. The molecule has 0 radical (unpaired) electrons. The van der Waals surface area contributed by atoms with Crippen molar-refractivity contribution in [3.63, 3.8) is 0 Å². The molecule has 0 aliphatic carbocycles. The number of nitrogens with one attached hydrogen (secondary N) is 3. The Morgan fingerprint density at radius 1 is 1.00 bits per heavy atom. The summed E-state index contributed by atoms with van der Waals surface area (Å²) in [6, 6.07) is 20.1. The zero-order chi connectivity index (χ0) is 21.6. The number of carbonyl (C=O) groups excluding carboxylic acids is 2. The molecule has 0 fully saturated rings. The Morgan fingerprint density at radius 3 is 2.52 bits per heavy atom. The first-order valence-electron chi connectivity index (χ1n) is 9.45. The van der Waals surface area contributed by atoms with Gasteiger partial charge in [0, 0.05) is 16.5 Å². The van der Waals surface area contributed by atoms with Crippen molar-refractivity contribution in [2.45, 2.75) is 17.6 Å². The van der Waals surface area contributed by atoms with E-state index in [0.717, 1.165) is 21.9 Å². The van der Waals surface area contributed by atoms with Gasteiger partial charge in [-0.2, -0.15) is 5.10 Å². The predicted molar refractivity (Wildman–Crippen MR) is 116 cm³/mol. The number of carbonyl (C=O) groups is 2. The second-order valence-electron chi connectivity index (χ2n) is 6.66. The normalized spacial score (nSPS) is 10.6. The molecule has 0 saturated heterocycles. The Kier molecular flexibility index (Phi) is 6.13. The van der Waals surface area contributed by atoms with Crippen LogP contribution in [0.3, 0.4) is 0 Å². The van der Waals surface area contributed by atoms with E-state index < -0.39 is 11.8 Å². The van der Waals surface area contributed by atoms with Gasteiger partial charge < -0.3 is 4.52 Å². The standard InChI is InChI=1S/C22H19N5O3S/c1-14-11-16(30-27-14)13-31-20-10-6-5-9-17(20)21(28)25-26-22(29)19-12-18(23-24-19)15-7-3-2-4-8-15/h2-12H,13H2,1H3,(H,23,24)(H,25,28)(H,26,29). The number of aromatic nitrogens is 3. The Morgan fingerprint density at radius 2 is 1.74 bits per heavy atom. The van der Waals surface area contributed by atoms with Crippen molar-refractivity contribution in [1.82, 2.24) is 26.2 Å². The summed E-state index contributed by atoms with van der Waals surface area (Å²) in [6.45, 7) is 1.85. The van der Waals surface area contributed by atoms with Gasteiger partial charge in [0.15, 0.2) is 0 Å². The maximum atomic E-state index is 12.6. The summed E-state index contributed by atoms with van der Waals surface area (Å²) in [5.41, 5.74) is 7.88. The summed E-state index contributed by atoms with van der Waals surface area (Å²) >= 11 is 1.45. The maximum Gasteiger partial charge on any atom is 0.287 e. The van der Waals surface area contributed by atoms with Gasteiger partial charge in [-0.05, 0) is 25.1 Å². The molecule has 0 spiro atoms. The minimum absolute atomic E-state index is 0.238. The van der Waals surface area contributed by atoms with Crippen molar-refractivity contribution < 1.29 is 14.1 Å². The number of hydrogen-bond donors (Lipinski definition) is 3. The molecule has 8 nitrogen and oxygen atoms in total. The number of amides is 2. The van der Waals surface area contributed by atoms with Crippen LogP contribution in [0.25, 0.3) is 11.3 Å². The van der Waals surface area contributed by atoms with Crippen LogP contribution in [0.4, 0.5) is 0 Å². The molecule has 3 N–H and O–H groups in total. The van der Waals surface area contributed by atoms with Crippen molar-refractivity contribution in [2.24, 2.45) is 0 Å². The number of hydrogen-bond acceptors (Lipinski definition) is 6. The van der Waals surface area contributed by atoms with Gasteiger partial charge in [0.25, 0.3) is 11.8 Å². The minimum Gasteiger partial charge on any atom is -0.360 e. The Bertz CT molecular complexity index is 1200. The second-order valence-corrected chi connectivity index (χ2v) is 7.68. The molecule has 2 heterocycles. The highest BCUT2D eigenvalue weighted by atomic mass is 32.2. The average Bonchev–Trinajstić information content (AvgIpc) is 3.46. The molecule has 31 heavy (non-hydrogen) atoms. The lowest BCUT2D eigenvalue weighted by Crippen LogP contribution is -2.42. The number of thioether (sulfide) groups is 1. The highest BCUT2D eigenvalue weighted by molar-refractivity contribution is 7.98. The van der Waals surface area contributed by atoms with Crippen molar-refractivity contribution in [2.75, 3.05) is 0 Å². The Labute approximate surface area is 182 Å². The first-order chi connectivity index (χ1) is 15.1. The number of aryl methyl sites for hydroxylation is 1. The first kappa shape index (κ1) is 20.4. The first-order valence-corrected chi connectivity index (χ1v) is 10.4. The highest BCUT2D eigenvalue weighted by Crippen LogP contribution is 2.26. The monoisotopic (exact) mass is 433 g/mol. The quantitative estimate of drug-likeness (QED) is 0.315. The van der Waals surface area contributed by atoms with E-state index in [9.17, 15) is 9.59 Å². The van der Waals surface area contributed by atoms with Crippen molar-refractivity contribution >= 4 is 23.6 Å². The molecule has 4 rings (SSSR count). The number of hydrazine groups is 1. The highest BCUT2D eigenvalue weighted by Gasteiger charge is 2.15. The van der Waals surface area contributed by atoms with Crippen LogP contribution in [0.2, 0.25) is 0 Å². The van der Waals surface area contributed by atoms with E-state index in [0.29, 0.717) is 17.0 Å². The molecule has 2 amide bonds. The van der Waals surface area contributed by atoms with Crippen LogP contribution >= 0.6 is 11.8 Å². The van der Waals surface area contributed by atoms with E-state index >= 15 is 0 Å². The van der Waals surface area contributed by atoms with Gasteiger partial charge in [-0.15, -0.1) is 11.8 Å². The number of rotatable bonds is 6. The average molecular weight is 433 g/mol. The number of aromatic amines is 1. The van der Waals surface area contributed by atoms with Gasteiger partial charge in [0.1, 0.15) is 11.5 Å². The topological polar surface area (TPSA) is 113 Å². The predicted octanol–water partition coefficient (Wildman–Crippen LogP) is 3.74. The fourth-order valence-electron chi connectivity index (χ4n) is 2.86.